The number of ether oxygens (including phenoxy) is 1. The molecule has 0 radical (unpaired) electrons. The highest BCUT2D eigenvalue weighted by atomic mass is 32.2. The smallest absolute Gasteiger partial charge is 0.276 e. The standard InChI is InChI=1S/C18H18N6O2S2/c1-11-7-12(2)24-16(19-11)20-17(23-24)27-10-15-21-22-18(26-15)28-9-13-5-4-6-14(8-13)25-3/h4-8H,9-10H2,1-3H3. The van der Waals surface area contributed by atoms with Gasteiger partial charge in [-0.1, -0.05) is 35.7 Å². The third-order valence-electron chi connectivity index (χ3n) is 3.87. The monoisotopic (exact) mass is 414 g/mol. The second-order valence-electron chi connectivity index (χ2n) is 6.04. The molecule has 0 bridgehead atoms. The highest BCUT2D eigenvalue weighted by Crippen LogP contribution is 2.26. The molecule has 0 atom stereocenters. The topological polar surface area (TPSA) is 91.2 Å². The van der Waals surface area contributed by atoms with E-state index in [1.165, 1.54) is 23.5 Å². The Morgan fingerprint density at radius 1 is 1.07 bits per heavy atom. The van der Waals surface area contributed by atoms with E-state index >= 15 is 0 Å². The van der Waals surface area contributed by atoms with Crippen molar-refractivity contribution in [2.75, 3.05) is 7.11 Å². The lowest BCUT2D eigenvalue weighted by Gasteiger charge is -2.02. The van der Waals surface area contributed by atoms with Crippen molar-refractivity contribution in [2.45, 2.75) is 35.7 Å². The van der Waals surface area contributed by atoms with Crippen LogP contribution in [0.25, 0.3) is 5.78 Å². The van der Waals surface area contributed by atoms with Crippen molar-refractivity contribution in [1.82, 2.24) is 29.8 Å². The first-order chi connectivity index (χ1) is 13.6. The van der Waals surface area contributed by atoms with Crippen LogP contribution < -0.4 is 4.74 Å². The van der Waals surface area contributed by atoms with Gasteiger partial charge in [0.1, 0.15) is 5.75 Å². The molecular formula is C18H18N6O2S2. The minimum Gasteiger partial charge on any atom is -0.497 e. The van der Waals surface area contributed by atoms with Crippen LogP contribution in [-0.2, 0) is 11.5 Å². The van der Waals surface area contributed by atoms with Gasteiger partial charge in [0, 0.05) is 17.1 Å². The molecule has 0 aliphatic rings. The number of rotatable bonds is 7. The van der Waals surface area contributed by atoms with Gasteiger partial charge in [0.15, 0.2) is 0 Å². The highest BCUT2D eigenvalue weighted by molar-refractivity contribution is 7.98. The van der Waals surface area contributed by atoms with Crippen LogP contribution in [0.5, 0.6) is 5.75 Å². The molecule has 4 aromatic rings. The first-order valence-corrected chi connectivity index (χ1v) is 10.5. The van der Waals surface area contributed by atoms with Crippen molar-refractivity contribution < 1.29 is 9.15 Å². The quantitative estimate of drug-likeness (QED) is 0.420. The van der Waals surface area contributed by atoms with Crippen LogP contribution in [0.15, 0.2) is 45.1 Å². The van der Waals surface area contributed by atoms with E-state index in [0.29, 0.717) is 27.8 Å². The summed E-state index contributed by atoms with van der Waals surface area (Å²) in [5, 5.41) is 13.8. The first-order valence-electron chi connectivity index (χ1n) is 8.52. The minimum atomic E-state index is 0.502. The minimum absolute atomic E-state index is 0.502. The second kappa shape index (κ2) is 8.19. The number of methoxy groups -OCH3 is 1. The Labute approximate surface area is 170 Å². The summed E-state index contributed by atoms with van der Waals surface area (Å²) in [6, 6.07) is 9.88. The fourth-order valence-corrected chi connectivity index (χ4v) is 3.98. The molecule has 0 aliphatic carbocycles. The van der Waals surface area contributed by atoms with E-state index in [1.807, 2.05) is 44.2 Å². The van der Waals surface area contributed by atoms with E-state index in [4.69, 9.17) is 9.15 Å². The average molecular weight is 415 g/mol. The molecule has 1 aromatic carbocycles. The van der Waals surface area contributed by atoms with Gasteiger partial charge in [0.25, 0.3) is 11.0 Å². The molecule has 0 aliphatic heterocycles. The van der Waals surface area contributed by atoms with Gasteiger partial charge in [-0.05, 0) is 37.6 Å². The Balaban J connectivity index is 1.36. The van der Waals surface area contributed by atoms with Crippen molar-refractivity contribution in [3.63, 3.8) is 0 Å². The summed E-state index contributed by atoms with van der Waals surface area (Å²) < 4.78 is 12.7. The van der Waals surface area contributed by atoms with Crippen molar-refractivity contribution in [1.29, 1.82) is 0 Å². The maximum Gasteiger partial charge on any atom is 0.276 e. The maximum absolute atomic E-state index is 5.71. The fourth-order valence-electron chi connectivity index (χ4n) is 2.60. The van der Waals surface area contributed by atoms with Crippen molar-refractivity contribution in [3.8, 4) is 5.75 Å². The Morgan fingerprint density at radius 3 is 2.82 bits per heavy atom. The number of nitrogens with zero attached hydrogens (tertiary/aromatic N) is 6. The molecule has 4 rings (SSSR count). The third-order valence-corrected chi connectivity index (χ3v) is 5.58. The normalized spacial score (nSPS) is 11.2. The molecule has 0 saturated heterocycles. The molecule has 0 amide bonds. The van der Waals surface area contributed by atoms with Crippen LogP contribution in [-0.4, -0.2) is 36.9 Å². The summed E-state index contributed by atoms with van der Waals surface area (Å²) in [6.45, 7) is 3.92. The summed E-state index contributed by atoms with van der Waals surface area (Å²) in [5.74, 6) is 3.20. The summed E-state index contributed by atoms with van der Waals surface area (Å²) in [7, 11) is 1.66. The van der Waals surface area contributed by atoms with Crippen LogP contribution in [0.3, 0.4) is 0 Å². The largest absolute Gasteiger partial charge is 0.497 e. The third kappa shape index (κ3) is 4.28. The van der Waals surface area contributed by atoms with Gasteiger partial charge in [0.05, 0.1) is 12.9 Å². The Kier molecular flexibility index (Phi) is 5.49. The molecule has 10 heteroatoms. The maximum atomic E-state index is 5.71. The summed E-state index contributed by atoms with van der Waals surface area (Å²) in [4.78, 5) is 8.84. The van der Waals surface area contributed by atoms with Crippen LogP contribution in [0.4, 0.5) is 0 Å². The Morgan fingerprint density at radius 2 is 1.96 bits per heavy atom. The summed E-state index contributed by atoms with van der Waals surface area (Å²) in [5.41, 5.74) is 3.05. The van der Waals surface area contributed by atoms with Crippen molar-refractivity contribution in [3.05, 3.63) is 53.2 Å². The molecule has 3 aromatic heterocycles. The van der Waals surface area contributed by atoms with Crippen LogP contribution >= 0.6 is 23.5 Å². The van der Waals surface area contributed by atoms with E-state index < -0.39 is 0 Å². The van der Waals surface area contributed by atoms with Gasteiger partial charge in [-0.25, -0.2) is 9.50 Å². The van der Waals surface area contributed by atoms with Crippen LogP contribution in [0, 0.1) is 13.8 Å². The Bertz CT molecular complexity index is 1110. The number of benzene rings is 1. The number of fused-ring (bicyclic) bond motifs is 1. The van der Waals surface area contributed by atoms with E-state index in [9.17, 15) is 0 Å². The number of aromatic nitrogens is 6. The predicted octanol–water partition coefficient (Wildman–Crippen LogP) is 3.72. The number of aryl methyl sites for hydroxylation is 2. The van der Waals surface area contributed by atoms with Gasteiger partial charge in [0.2, 0.25) is 11.0 Å². The molecule has 28 heavy (non-hydrogen) atoms. The van der Waals surface area contributed by atoms with Crippen molar-refractivity contribution in [2.24, 2.45) is 0 Å². The first kappa shape index (κ1) is 18.8. The zero-order valence-corrected chi connectivity index (χ0v) is 17.3. The molecule has 0 N–H and O–H groups in total. The molecule has 0 saturated carbocycles. The van der Waals surface area contributed by atoms with Crippen LogP contribution in [0.2, 0.25) is 0 Å². The molecule has 0 unspecified atom stereocenters. The predicted molar refractivity (Wildman–Crippen MR) is 107 cm³/mol. The highest BCUT2D eigenvalue weighted by Gasteiger charge is 2.12. The molecule has 3 heterocycles. The van der Waals surface area contributed by atoms with Crippen molar-refractivity contribution >= 4 is 29.3 Å². The summed E-state index contributed by atoms with van der Waals surface area (Å²) in [6.07, 6.45) is 0. The number of thioether (sulfide) groups is 2. The SMILES string of the molecule is COc1cccc(CSc2nnc(CSc3nc4nc(C)cc(C)n4n3)o2)c1. The van der Waals surface area contributed by atoms with Gasteiger partial charge >= 0.3 is 0 Å². The van der Waals surface area contributed by atoms with Gasteiger partial charge in [-0.2, -0.15) is 4.98 Å². The zero-order valence-electron chi connectivity index (χ0n) is 15.6. The lowest BCUT2D eigenvalue weighted by molar-refractivity contribution is 0.414. The number of hydrogen-bond acceptors (Lipinski definition) is 9. The van der Waals surface area contributed by atoms with E-state index in [0.717, 1.165) is 28.5 Å². The molecule has 0 spiro atoms. The number of hydrogen-bond donors (Lipinski definition) is 0. The average Bonchev–Trinajstić information content (AvgIpc) is 3.31. The van der Waals surface area contributed by atoms with E-state index in [-0.39, 0.29) is 0 Å². The Hall–Kier alpha value is -2.59. The van der Waals surface area contributed by atoms with Gasteiger partial charge in [-0.15, -0.1) is 15.3 Å². The van der Waals surface area contributed by atoms with Gasteiger partial charge < -0.3 is 9.15 Å². The van der Waals surface area contributed by atoms with E-state index in [2.05, 4.69) is 25.3 Å². The van der Waals surface area contributed by atoms with Crippen LogP contribution in [0.1, 0.15) is 22.8 Å². The lowest BCUT2D eigenvalue weighted by Crippen LogP contribution is -1.97. The molecular weight excluding hydrogens is 396 g/mol. The molecule has 0 fully saturated rings. The second-order valence-corrected chi connectivity index (χ2v) is 7.90. The molecule has 144 valence electrons. The molecule has 8 nitrogen and oxygen atoms in total. The fraction of sp³-hybridized carbons (Fsp3) is 0.278. The summed E-state index contributed by atoms with van der Waals surface area (Å²) >= 11 is 2.93. The van der Waals surface area contributed by atoms with E-state index in [1.54, 1.807) is 11.6 Å². The zero-order chi connectivity index (χ0) is 19.5. The lowest BCUT2D eigenvalue weighted by atomic mass is 10.2. The van der Waals surface area contributed by atoms with Gasteiger partial charge in [-0.3, -0.25) is 0 Å².